The highest BCUT2D eigenvalue weighted by Gasteiger charge is 2.43. The predicted molar refractivity (Wildman–Crippen MR) is 129 cm³/mol. The minimum absolute atomic E-state index is 0.0273. The van der Waals surface area contributed by atoms with Gasteiger partial charge in [-0.3, -0.25) is 0 Å². The molecule has 2 aliphatic rings. The van der Waals surface area contributed by atoms with Crippen molar-refractivity contribution >= 4 is 11.7 Å². The maximum atomic E-state index is 13.5. The quantitative estimate of drug-likeness (QED) is 0.412. The fourth-order valence-corrected chi connectivity index (χ4v) is 4.88. The van der Waals surface area contributed by atoms with Gasteiger partial charge in [-0.05, 0) is 36.6 Å². The molecule has 2 amide bonds. The lowest BCUT2D eigenvalue weighted by Gasteiger charge is -2.46. The Hall–Kier alpha value is -2.78. The third kappa shape index (κ3) is 6.27. The van der Waals surface area contributed by atoms with Crippen LogP contribution in [0.1, 0.15) is 55.5 Å². The van der Waals surface area contributed by atoms with Gasteiger partial charge in [-0.1, -0.05) is 44.2 Å². The molecule has 6 nitrogen and oxygen atoms in total. The smallest absolute Gasteiger partial charge is 0.378 e. The van der Waals surface area contributed by atoms with Gasteiger partial charge in [0.1, 0.15) is 0 Å². The zero-order valence-electron chi connectivity index (χ0n) is 20.0. The largest absolute Gasteiger partial charge is 0.416 e. The summed E-state index contributed by atoms with van der Waals surface area (Å²) in [6.07, 6.45) is -3.75. The molecule has 9 heteroatoms. The number of alkyl halides is 3. The third-order valence-electron chi connectivity index (χ3n) is 6.59. The maximum Gasteiger partial charge on any atom is 0.416 e. The van der Waals surface area contributed by atoms with Crippen molar-refractivity contribution in [2.75, 3.05) is 25.0 Å². The molecule has 2 aromatic rings. The van der Waals surface area contributed by atoms with E-state index in [0.717, 1.165) is 18.1 Å². The third-order valence-corrected chi connectivity index (χ3v) is 6.59. The van der Waals surface area contributed by atoms with Gasteiger partial charge >= 0.3 is 12.2 Å². The highest BCUT2D eigenvalue weighted by molar-refractivity contribution is 5.73. The summed E-state index contributed by atoms with van der Waals surface area (Å²) in [5, 5.41) is 12.3. The summed E-state index contributed by atoms with van der Waals surface area (Å²) in [5.74, 6) is -0.0273. The van der Waals surface area contributed by atoms with E-state index in [4.69, 9.17) is 4.74 Å². The molecule has 1 saturated heterocycles. The average Bonchev–Trinajstić information content (AvgIpc) is 2.84. The number of nitrogens with one attached hydrogen (secondary N) is 4. The Balaban J connectivity index is 1.47. The summed E-state index contributed by atoms with van der Waals surface area (Å²) in [4.78, 5) is 12.2. The van der Waals surface area contributed by atoms with Crippen molar-refractivity contribution in [1.82, 2.24) is 16.0 Å². The summed E-state index contributed by atoms with van der Waals surface area (Å²) >= 11 is 0. The second-order valence-corrected chi connectivity index (χ2v) is 9.50. The SMILES string of the molecule is CC(C)NCCNC(=O)NC[C@H]1CC[C@@H]2[C@H](O1)c1cc(C(F)(F)F)ccc1N[C@H]2c1ccccc1. The van der Waals surface area contributed by atoms with Gasteiger partial charge in [-0.2, -0.15) is 13.2 Å². The van der Waals surface area contributed by atoms with Crippen LogP contribution in [0.4, 0.5) is 23.7 Å². The normalized spacial score (nSPS) is 23.7. The van der Waals surface area contributed by atoms with E-state index < -0.39 is 17.8 Å². The average molecular weight is 491 g/mol. The van der Waals surface area contributed by atoms with E-state index in [9.17, 15) is 18.0 Å². The fourth-order valence-electron chi connectivity index (χ4n) is 4.88. The van der Waals surface area contributed by atoms with Crippen LogP contribution in [0.3, 0.4) is 0 Å². The molecule has 0 saturated carbocycles. The highest BCUT2D eigenvalue weighted by Crippen LogP contribution is 2.51. The number of fused-ring (bicyclic) bond motifs is 3. The minimum atomic E-state index is -4.43. The molecular weight excluding hydrogens is 457 g/mol. The number of rotatable bonds is 7. The van der Waals surface area contributed by atoms with Gasteiger partial charge in [0.15, 0.2) is 0 Å². The topological polar surface area (TPSA) is 74.4 Å². The number of urea groups is 1. The van der Waals surface area contributed by atoms with Crippen LogP contribution < -0.4 is 21.3 Å². The van der Waals surface area contributed by atoms with E-state index in [1.807, 2.05) is 44.2 Å². The summed E-state index contributed by atoms with van der Waals surface area (Å²) in [7, 11) is 0. The summed E-state index contributed by atoms with van der Waals surface area (Å²) in [6, 6.07) is 13.7. The van der Waals surface area contributed by atoms with Crippen molar-refractivity contribution in [2.45, 2.75) is 57.2 Å². The first kappa shape index (κ1) is 25.3. The van der Waals surface area contributed by atoms with Crippen LogP contribution in [-0.4, -0.2) is 37.8 Å². The van der Waals surface area contributed by atoms with Gasteiger partial charge in [0.2, 0.25) is 0 Å². The van der Waals surface area contributed by atoms with Gasteiger partial charge in [0, 0.05) is 42.8 Å². The van der Waals surface area contributed by atoms with Crippen LogP contribution in [0.25, 0.3) is 0 Å². The van der Waals surface area contributed by atoms with Crippen LogP contribution in [-0.2, 0) is 10.9 Å². The Morgan fingerprint density at radius 2 is 1.86 bits per heavy atom. The number of halogens is 3. The van der Waals surface area contributed by atoms with E-state index in [2.05, 4.69) is 21.3 Å². The maximum absolute atomic E-state index is 13.5. The number of benzene rings is 2. The lowest BCUT2D eigenvalue weighted by atomic mass is 9.76. The monoisotopic (exact) mass is 490 g/mol. The number of amides is 2. The summed E-state index contributed by atoms with van der Waals surface area (Å²) in [6.45, 7) is 5.53. The molecule has 0 aromatic heterocycles. The van der Waals surface area contributed by atoms with E-state index in [0.29, 0.717) is 43.3 Å². The summed E-state index contributed by atoms with van der Waals surface area (Å²) < 4.78 is 46.8. The van der Waals surface area contributed by atoms with E-state index in [-0.39, 0.29) is 24.1 Å². The van der Waals surface area contributed by atoms with Gasteiger partial charge in [0.25, 0.3) is 0 Å². The molecular formula is C26H33F3N4O2. The van der Waals surface area contributed by atoms with Crippen molar-refractivity contribution in [3.8, 4) is 0 Å². The van der Waals surface area contributed by atoms with Crippen LogP contribution in [0.5, 0.6) is 0 Å². The van der Waals surface area contributed by atoms with E-state index in [1.54, 1.807) is 0 Å². The van der Waals surface area contributed by atoms with Crippen LogP contribution >= 0.6 is 0 Å². The number of anilines is 1. The first-order valence-electron chi connectivity index (χ1n) is 12.2. The second-order valence-electron chi connectivity index (χ2n) is 9.50. The highest BCUT2D eigenvalue weighted by atomic mass is 19.4. The van der Waals surface area contributed by atoms with Crippen molar-refractivity contribution < 1.29 is 22.7 Å². The molecule has 0 aliphatic carbocycles. The number of carbonyl (C=O) groups is 1. The first-order valence-corrected chi connectivity index (χ1v) is 12.2. The van der Waals surface area contributed by atoms with E-state index >= 15 is 0 Å². The van der Waals surface area contributed by atoms with Crippen molar-refractivity contribution in [3.63, 3.8) is 0 Å². The molecule has 2 heterocycles. The van der Waals surface area contributed by atoms with Crippen LogP contribution in [0.15, 0.2) is 48.5 Å². The molecule has 1 fully saturated rings. The standard InChI is InChI=1S/C26H33F3N4O2/c1-16(2)30-12-13-31-25(34)32-15-19-9-10-20-23(17-6-4-3-5-7-17)33-22-11-8-18(26(27,28)29)14-21(22)24(20)35-19/h3-8,11,14,16,19-20,23-24,30,33H,9-10,12-13,15H2,1-2H3,(H2,31,32,34)/t19-,20+,23+,24+/m1/s1. The van der Waals surface area contributed by atoms with Gasteiger partial charge in [-0.25, -0.2) is 4.79 Å². The zero-order valence-corrected chi connectivity index (χ0v) is 20.0. The molecule has 2 aromatic carbocycles. The zero-order chi connectivity index (χ0) is 25.0. The Labute approximate surface area is 204 Å². The molecule has 4 rings (SSSR count). The molecule has 0 radical (unpaired) electrons. The van der Waals surface area contributed by atoms with E-state index in [1.165, 1.54) is 12.1 Å². The molecule has 0 unspecified atom stereocenters. The lowest BCUT2D eigenvalue weighted by molar-refractivity contribution is -0.138. The van der Waals surface area contributed by atoms with Crippen molar-refractivity contribution in [3.05, 3.63) is 65.2 Å². The first-order chi connectivity index (χ1) is 16.7. The predicted octanol–water partition coefficient (Wildman–Crippen LogP) is 5.01. The Morgan fingerprint density at radius 1 is 1.09 bits per heavy atom. The number of hydrogen-bond donors (Lipinski definition) is 4. The molecule has 4 atom stereocenters. The Bertz CT molecular complexity index is 1000. The molecule has 0 bridgehead atoms. The molecule has 35 heavy (non-hydrogen) atoms. The Morgan fingerprint density at radius 3 is 2.57 bits per heavy atom. The number of carbonyl (C=O) groups excluding carboxylic acids is 1. The van der Waals surface area contributed by atoms with Gasteiger partial charge < -0.3 is 26.0 Å². The second kappa shape index (κ2) is 10.9. The van der Waals surface area contributed by atoms with Crippen LogP contribution in [0, 0.1) is 5.92 Å². The minimum Gasteiger partial charge on any atom is -0.378 e. The molecule has 0 spiro atoms. The van der Waals surface area contributed by atoms with Crippen molar-refractivity contribution in [1.29, 1.82) is 0 Å². The molecule has 4 N–H and O–H groups in total. The lowest BCUT2D eigenvalue weighted by Crippen LogP contribution is -2.46. The number of hydrogen-bond acceptors (Lipinski definition) is 4. The van der Waals surface area contributed by atoms with Gasteiger partial charge in [-0.15, -0.1) is 0 Å². The summed E-state index contributed by atoms with van der Waals surface area (Å²) in [5.41, 5.74) is 1.55. The van der Waals surface area contributed by atoms with Gasteiger partial charge in [0.05, 0.1) is 23.8 Å². The molecule has 190 valence electrons. The van der Waals surface area contributed by atoms with Crippen molar-refractivity contribution in [2.24, 2.45) is 5.92 Å². The van der Waals surface area contributed by atoms with Crippen LogP contribution in [0.2, 0.25) is 0 Å². The molecule has 2 aliphatic heterocycles. The number of ether oxygens (including phenoxy) is 1. The Kier molecular flexibility index (Phi) is 7.86. The fraction of sp³-hybridized carbons (Fsp3) is 0.500.